The normalized spacial score (nSPS) is 29.2. The maximum absolute atomic E-state index is 12.8. The highest BCUT2D eigenvalue weighted by Crippen LogP contribution is 2.43. The molecule has 0 N–H and O–H groups in total. The Morgan fingerprint density at radius 3 is 2.38 bits per heavy atom. The van der Waals surface area contributed by atoms with Gasteiger partial charge in [0, 0.05) is 32.7 Å². The standard InChI is InChI=1S/C16H29N3O4S/c1-3-24(21,22)19-6-4-16(5-7-19)12-14(17(2)13-16)15(20)18-8-10-23-11-9-18/h14H,3-13H2,1-2H3. The molecule has 1 unspecified atom stereocenters. The number of carbonyl (C=O) groups excluding carboxylic acids is 1. The molecule has 0 aliphatic carbocycles. The SMILES string of the molecule is CCS(=O)(=O)N1CCC2(CC1)CC(C(=O)N1CCOCC1)N(C)C2. The number of hydrogen-bond acceptors (Lipinski definition) is 5. The monoisotopic (exact) mass is 359 g/mol. The number of piperidine rings is 1. The average Bonchev–Trinajstić information content (AvgIpc) is 2.91. The molecule has 3 heterocycles. The zero-order chi connectivity index (χ0) is 17.4. The van der Waals surface area contributed by atoms with Crippen molar-refractivity contribution in [1.82, 2.24) is 14.1 Å². The van der Waals surface area contributed by atoms with Gasteiger partial charge >= 0.3 is 0 Å². The van der Waals surface area contributed by atoms with Crippen LogP contribution < -0.4 is 0 Å². The third-order valence-corrected chi connectivity index (χ3v) is 7.77. The van der Waals surface area contributed by atoms with Crippen molar-refractivity contribution in [2.24, 2.45) is 5.41 Å². The van der Waals surface area contributed by atoms with Crippen molar-refractivity contribution in [2.75, 3.05) is 58.7 Å². The highest BCUT2D eigenvalue weighted by molar-refractivity contribution is 7.89. The number of ether oxygens (including phenoxy) is 1. The minimum absolute atomic E-state index is 0.0718. The molecule has 138 valence electrons. The van der Waals surface area contributed by atoms with Gasteiger partial charge in [0.2, 0.25) is 15.9 Å². The Morgan fingerprint density at radius 1 is 1.17 bits per heavy atom. The number of hydrogen-bond donors (Lipinski definition) is 0. The van der Waals surface area contributed by atoms with Crippen molar-refractivity contribution in [3.8, 4) is 0 Å². The first-order valence-corrected chi connectivity index (χ1v) is 10.5. The van der Waals surface area contributed by atoms with Gasteiger partial charge in [-0.1, -0.05) is 0 Å². The number of carbonyl (C=O) groups is 1. The second-order valence-corrected chi connectivity index (χ2v) is 9.63. The van der Waals surface area contributed by atoms with Gasteiger partial charge in [0.15, 0.2) is 0 Å². The molecule has 24 heavy (non-hydrogen) atoms. The molecule has 1 amide bonds. The van der Waals surface area contributed by atoms with Crippen molar-refractivity contribution in [3.05, 3.63) is 0 Å². The summed E-state index contributed by atoms with van der Waals surface area (Å²) in [5.41, 5.74) is 0.0844. The van der Waals surface area contributed by atoms with Gasteiger partial charge in [-0.15, -0.1) is 0 Å². The minimum Gasteiger partial charge on any atom is -0.378 e. The molecule has 3 aliphatic heterocycles. The van der Waals surface area contributed by atoms with Gasteiger partial charge in [0.05, 0.1) is 25.0 Å². The van der Waals surface area contributed by atoms with Crippen molar-refractivity contribution in [2.45, 2.75) is 32.2 Å². The minimum atomic E-state index is -3.10. The van der Waals surface area contributed by atoms with E-state index < -0.39 is 10.0 Å². The van der Waals surface area contributed by atoms with E-state index in [9.17, 15) is 13.2 Å². The molecule has 3 fully saturated rings. The summed E-state index contributed by atoms with van der Waals surface area (Å²) in [5, 5.41) is 0. The zero-order valence-corrected chi connectivity index (χ0v) is 15.6. The van der Waals surface area contributed by atoms with Crippen molar-refractivity contribution < 1.29 is 17.9 Å². The smallest absolute Gasteiger partial charge is 0.240 e. The lowest BCUT2D eigenvalue weighted by Crippen LogP contribution is -2.48. The first-order chi connectivity index (χ1) is 11.4. The van der Waals surface area contributed by atoms with Gasteiger partial charge in [-0.25, -0.2) is 12.7 Å². The Balaban J connectivity index is 1.62. The lowest BCUT2D eigenvalue weighted by Gasteiger charge is -2.38. The predicted molar refractivity (Wildman–Crippen MR) is 91.1 cm³/mol. The van der Waals surface area contributed by atoms with Crippen LogP contribution >= 0.6 is 0 Å². The second-order valence-electron chi connectivity index (χ2n) is 7.37. The summed E-state index contributed by atoms with van der Waals surface area (Å²) in [7, 11) is -1.08. The fourth-order valence-electron chi connectivity index (χ4n) is 4.32. The van der Waals surface area contributed by atoms with E-state index >= 15 is 0 Å². The largest absolute Gasteiger partial charge is 0.378 e. The van der Waals surface area contributed by atoms with E-state index in [0.717, 1.165) is 25.8 Å². The van der Waals surface area contributed by atoms with E-state index in [1.54, 1.807) is 11.2 Å². The highest BCUT2D eigenvalue weighted by atomic mass is 32.2. The summed E-state index contributed by atoms with van der Waals surface area (Å²) in [5.74, 6) is 0.374. The van der Waals surface area contributed by atoms with Crippen molar-refractivity contribution in [1.29, 1.82) is 0 Å². The zero-order valence-electron chi connectivity index (χ0n) is 14.7. The number of rotatable bonds is 3. The Labute approximate surface area is 145 Å². The van der Waals surface area contributed by atoms with E-state index in [1.165, 1.54) is 0 Å². The van der Waals surface area contributed by atoms with Crippen LogP contribution in [0.3, 0.4) is 0 Å². The molecule has 0 aromatic rings. The van der Waals surface area contributed by atoms with Crippen LogP contribution in [0, 0.1) is 5.41 Å². The summed E-state index contributed by atoms with van der Waals surface area (Å²) in [6.45, 7) is 6.35. The summed E-state index contributed by atoms with van der Waals surface area (Å²) in [6.07, 6.45) is 2.55. The van der Waals surface area contributed by atoms with Crippen LogP contribution in [0.2, 0.25) is 0 Å². The topological polar surface area (TPSA) is 70.2 Å². The summed E-state index contributed by atoms with van der Waals surface area (Å²) < 4.78 is 31.0. The first-order valence-electron chi connectivity index (χ1n) is 8.91. The van der Waals surface area contributed by atoms with E-state index in [1.807, 2.05) is 11.9 Å². The predicted octanol–water partition coefficient (Wildman–Crippen LogP) is -0.0188. The molecule has 8 heteroatoms. The number of nitrogens with zero attached hydrogens (tertiary/aromatic N) is 3. The third kappa shape index (κ3) is 3.47. The highest BCUT2D eigenvalue weighted by Gasteiger charge is 2.48. The summed E-state index contributed by atoms with van der Waals surface area (Å²) in [6, 6.07) is -0.0718. The molecule has 0 radical (unpaired) electrons. The molecular formula is C16H29N3O4S. The van der Waals surface area contributed by atoms with Gasteiger partial charge in [0.25, 0.3) is 0 Å². The van der Waals surface area contributed by atoms with Crippen LogP contribution in [-0.2, 0) is 19.6 Å². The Bertz CT molecular complexity index is 566. The maximum atomic E-state index is 12.8. The molecule has 0 aromatic heterocycles. The third-order valence-electron chi connectivity index (χ3n) is 5.89. The number of likely N-dealkylation sites (tertiary alicyclic amines) is 1. The lowest BCUT2D eigenvalue weighted by molar-refractivity contribution is -0.139. The Morgan fingerprint density at radius 2 is 1.79 bits per heavy atom. The van der Waals surface area contributed by atoms with Gasteiger partial charge in [-0.2, -0.15) is 0 Å². The van der Waals surface area contributed by atoms with Gasteiger partial charge in [-0.3, -0.25) is 9.69 Å². The molecule has 1 spiro atoms. The van der Waals surface area contributed by atoms with E-state index in [2.05, 4.69) is 4.90 Å². The van der Waals surface area contributed by atoms with E-state index in [-0.39, 0.29) is 23.1 Å². The number of amides is 1. The van der Waals surface area contributed by atoms with Crippen molar-refractivity contribution in [3.63, 3.8) is 0 Å². The Hall–Kier alpha value is -0.700. The molecule has 0 aromatic carbocycles. The number of likely N-dealkylation sites (N-methyl/N-ethyl adjacent to an activating group) is 1. The van der Waals surface area contributed by atoms with Crippen LogP contribution in [0.15, 0.2) is 0 Å². The molecule has 7 nitrogen and oxygen atoms in total. The van der Waals surface area contributed by atoms with E-state index in [0.29, 0.717) is 39.4 Å². The first kappa shape index (κ1) is 18.1. The van der Waals surface area contributed by atoms with Crippen LogP contribution in [0.5, 0.6) is 0 Å². The fraction of sp³-hybridized carbons (Fsp3) is 0.938. The van der Waals surface area contributed by atoms with Crippen LogP contribution in [0.1, 0.15) is 26.2 Å². The van der Waals surface area contributed by atoms with Crippen LogP contribution in [0.25, 0.3) is 0 Å². The molecule has 3 saturated heterocycles. The lowest BCUT2D eigenvalue weighted by atomic mass is 9.77. The fourth-order valence-corrected chi connectivity index (χ4v) is 5.43. The number of sulfonamides is 1. The second kappa shape index (κ2) is 6.90. The molecule has 3 rings (SSSR count). The molecule has 3 aliphatic rings. The van der Waals surface area contributed by atoms with Crippen molar-refractivity contribution >= 4 is 15.9 Å². The summed E-state index contributed by atoms with van der Waals surface area (Å²) in [4.78, 5) is 16.9. The average molecular weight is 359 g/mol. The Kier molecular flexibility index (Phi) is 5.20. The quantitative estimate of drug-likeness (QED) is 0.708. The van der Waals surface area contributed by atoms with Gasteiger partial charge in [-0.05, 0) is 38.6 Å². The van der Waals surface area contributed by atoms with E-state index in [4.69, 9.17) is 4.74 Å². The van der Waals surface area contributed by atoms with Crippen LogP contribution in [-0.4, -0.2) is 93.2 Å². The molecule has 0 bridgehead atoms. The number of morpholine rings is 1. The maximum Gasteiger partial charge on any atom is 0.240 e. The molecular weight excluding hydrogens is 330 g/mol. The van der Waals surface area contributed by atoms with Gasteiger partial charge in [0.1, 0.15) is 0 Å². The molecule has 1 atom stereocenters. The van der Waals surface area contributed by atoms with Gasteiger partial charge < -0.3 is 9.64 Å². The van der Waals surface area contributed by atoms with Crippen LogP contribution in [0.4, 0.5) is 0 Å². The summed E-state index contributed by atoms with van der Waals surface area (Å²) >= 11 is 0. The molecule has 0 saturated carbocycles.